The van der Waals surface area contributed by atoms with Crippen LogP contribution in [0.5, 0.6) is 5.75 Å². The highest BCUT2D eigenvalue weighted by molar-refractivity contribution is 5.84. The molecule has 2 aromatic rings. The summed E-state index contributed by atoms with van der Waals surface area (Å²) in [6, 6.07) is 8.55. The highest BCUT2D eigenvalue weighted by Crippen LogP contribution is 2.48. The molecule has 152 valence electrons. The number of guanidine groups is 1. The largest absolute Gasteiger partial charge is 0.489 e. The number of halogens is 1. The molecule has 0 saturated carbocycles. The molecule has 4 rings (SSSR count). The van der Waals surface area contributed by atoms with E-state index in [-0.39, 0.29) is 18.0 Å². The number of pyridine rings is 1. The molecular weight excluding hydrogens is 375 g/mol. The van der Waals surface area contributed by atoms with Crippen LogP contribution in [-0.4, -0.2) is 55.5 Å². The average Bonchev–Trinajstić information content (AvgIpc) is 2.73. The molecule has 0 radical (unpaired) electrons. The number of hydrogen-bond donors (Lipinski definition) is 1. The van der Waals surface area contributed by atoms with E-state index in [1.165, 1.54) is 6.20 Å². The number of fused-ring (bicyclic) bond motifs is 2. The summed E-state index contributed by atoms with van der Waals surface area (Å²) >= 11 is 0. The summed E-state index contributed by atoms with van der Waals surface area (Å²) in [4.78, 5) is 22.6. The van der Waals surface area contributed by atoms with E-state index in [0.717, 1.165) is 6.29 Å². The van der Waals surface area contributed by atoms with Crippen LogP contribution in [0.1, 0.15) is 12.0 Å². The summed E-state index contributed by atoms with van der Waals surface area (Å²) < 4.78 is 26.1. The van der Waals surface area contributed by atoms with Crippen LogP contribution in [0.2, 0.25) is 0 Å². The molecule has 2 aliphatic heterocycles. The molecule has 1 fully saturated rings. The normalized spacial score (nSPS) is 26.1. The molecule has 7 nitrogen and oxygen atoms in total. The second kappa shape index (κ2) is 7.44. The highest BCUT2D eigenvalue weighted by Gasteiger charge is 2.52. The van der Waals surface area contributed by atoms with Crippen LogP contribution in [0.4, 0.5) is 4.39 Å². The topological polar surface area (TPSA) is 90.0 Å². The van der Waals surface area contributed by atoms with E-state index in [9.17, 15) is 9.18 Å². The van der Waals surface area contributed by atoms with Crippen molar-refractivity contribution in [1.29, 1.82) is 0 Å². The van der Waals surface area contributed by atoms with E-state index < -0.39 is 11.5 Å². The maximum Gasteiger partial charge on any atom is 0.220 e. The van der Waals surface area contributed by atoms with Gasteiger partial charge in [-0.3, -0.25) is 0 Å². The van der Waals surface area contributed by atoms with Crippen molar-refractivity contribution in [3.8, 4) is 16.9 Å². The molecule has 3 atom stereocenters. The lowest BCUT2D eigenvalue weighted by Crippen LogP contribution is -2.54. The van der Waals surface area contributed by atoms with Gasteiger partial charge in [0.25, 0.3) is 0 Å². The predicted octanol–water partition coefficient (Wildman–Crippen LogP) is 1.96. The first-order valence-corrected chi connectivity index (χ1v) is 9.45. The van der Waals surface area contributed by atoms with E-state index in [1.54, 1.807) is 49.3 Å². The van der Waals surface area contributed by atoms with Crippen molar-refractivity contribution >= 4 is 12.2 Å². The number of aromatic nitrogens is 1. The minimum Gasteiger partial charge on any atom is -0.489 e. The SMILES string of the molecule is CN(C)C(N)=NC1(C=O)c2cc(-c3cccnc3F)ccc2OC2CCOCC21. The second-order valence-electron chi connectivity index (χ2n) is 7.49. The van der Waals surface area contributed by atoms with E-state index >= 15 is 0 Å². The summed E-state index contributed by atoms with van der Waals surface area (Å²) in [5.74, 6) is -0.166. The Morgan fingerprint density at radius 1 is 1.41 bits per heavy atom. The molecule has 1 saturated heterocycles. The summed E-state index contributed by atoms with van der Waals surface area (Å²) in [5, 5.41) is 0. The standard InChI is InChI=1S/C21H23FN4O3/c1-26(2)20(23)25-21(12-27)15-10-13(14-4-3-8-24-19(14)22)5-6-17(15)29-18-7-9-28-11-16(18)21/h3-6,8,10,12,16,18H,7,9,11H2,1-2H3,(H2,23,25). The zero-order valence-corrected chi connectivity index (χ0v) is 16.3. The molecule has 1 aromatic carbocycles. The molecule has 0 spiro atoms. The first-order valence-electron chi connectivity index (χ1n) is 9.45. The number of carbonyl (C=O) groups is 1. The van der Waals surface area contributed by atoms with Crippen molar-refractivity contribution in [2.24, 2.45) is 16.6 Å². The van der Waals surface area contributed by atoms with Crippen molar-refractivity contribution in [3.63, 3.8) is 0 Å². The lowest BCUT2D eigenvalue weighted by Gasteiger charge is -2.45. The monoisotopic (exact) mass is 398 g/mol. The molecule has 2 aliphatic rings. The average molecular weight is 398 g/mol. The van der Waals surface area contributed by atoms with Crippen LogP contribution in [0.3, 0.4) is 0 Å². The molecule has 0 bridgehead atoms. The second-order valence-corrected chi connectivity index (χ2v) is 7.49. The van der Waals surface area contributed by atoms with E-state index in [4.69, 9.17) is 15.2 Å². The van der Waals surface area contributed by atoms with Gasteiger partial charge in [0.15, 0.2) is 17.8 Å². The Morgan fingerprint density at radius 2 is 2.24 bits per heavy atom. The number of rotatable bonds is 3. The first kappa shape index (κ1) is 19.3. The smallest absolute Gasteiger partial charge is 0.220 e. The number of carbonyl (C=O) groups excluding carboxylic acids is 1. The lowest BCUT2D eigenvalue weighted by molar-refractivity contribution is -0.124. The van der Waals surface area contributed by atoms with Gasteiger partial charge in [-0.05, 0) is 29.8 Å². The summed E-state index contributed by atoms with van der Waals surface area (Å²) in [6.45, 7) is 0.871. The summed E-state index contributed by atoms with van der Waals surface area (Å²) in [7, 11) is 3.52. The van der Waals surface area contributed by atoms with Crippen LogP contribution < -0.4 is 10.5 Å². The Bertz CT molecular complexity index is 965. The Kier molecular flexibility index (Phi) is 4.96. The molecular formula is C21H23FN4O3. The fraction of sp³-hybridized carbons (Fsp3) is 0.381. The Balaban J connectivity index is 1.93. The van der Waals surface area contributed by atoms with E-state index in [0.29, 0.717) is 42.1 Å². The zero-order chi connectivity index (χ0) is 20.6. The number of hydrogen-bond acceptors (Lipinski definition) is 5. The van der Waals surface area contributed by atoms with Gasteiger partial charge in [0, 0.05) is 37.8 Å². The van der Waals surface area contributed by atoms with Crippen LogP contribution in [0.25, 0.3) is 11.1 Å². The quantitative estimate of drug-likeness (QED) is 0.368. The minimum absolute atomic E-state index is 0.215. The van der Waals surface area contributed by atoms with Crippen molar-refractivity contribution in [2.45, 2.75) is 18.1 Å². The Morgan fingerprint density at radius 3 is 2.97 bits per heavy atom. The van der Waals surface area contributed by atoms with Crippen molar-refractivity contribution < 1.29 is 18.7 Å². The molecule has 8 heteroatoms. The van der Waals surface area contributed by atoms with Gasteiger partial charge in [-0.25, -0.2) is 9.98 Å². The third kappa shape index (κ3) is 3.23. The number of aldehydes is 1. The minimum atomic E-state index is -1.29. The molecule has 3 heterocycles. The molecule has 29 heavy (non-hydrogen) atoms. The molecule has 2 N–H and O–H groups in total. The van der Waals surface area contributed by atoms with Crippen molar-refractivity contribution in [2.75, 3.05) is 27.3 Å². The van der Waals surface area contributed by atoms with Crippen molar-refractivity contribution in [3.05, 3.63) is 48.0 Å². The van der Waals surface area contributed by atoms with Crippen molar-refractivity contribution in [1.82, 2.24) is 9.88 Å². The molecule has 1 aromatic heterocycles. The number of benzene rings is 1. The zero-order valence-electron chi connectivity index (χ0n) is 16.3. The molecule has 3 unspecified atom stereocenters. The number of aliphatic imine (C=N–C) groups is 1. The van der Waals surface area contributed by atoms with Crippen LogP contribution in [0, 0.1) is 11.9 Å². The molecule has 0 amide bonds. The van der Waals surface area contributed by atoms with Crippen LogP contribution in [-0.2, 0) is 15.1 Å². The van der Waals surface area contributed by atoms with E-state index in [1.807, 2.05) is 0 Å². The Labute approximate surface area is 168 Å². The van der Waals surface area contributed by atoms with Gasteiger partial charge in [0.05, 0.1) is 19.1 Å². The maximum absolute atomic E-state index is 14.3. The van der Waals surface area contributed by atoms with Gasteiger partial charge in [0.1, 0.15) is 11.9 Å². The summed E-state index contributed by atoms with van der Waals surface area (Å²) in [6.07, 6.45) is 2.62. The number of nitrogens with zero attached hydrogens (tertiary/aromatic N) is 3. The fourth-order valence-electron chi connectivity index (χ4n) is 3.96. The van der Waals surface area contributed by atoms with Gasteiger partial charge >= 0.3 is 0 Å². The van der Waals surface area contributed by atoms with Crippen LogP contribution in [0.15, 0.2) is 41.5 Å². The third-order valence-electron chi connectivity index (χ3n) is 5.56. The maximum atomic E-state index is 14.3. The predicted molar refractivity (Wildman–Crippen MR) is 106 cm³/mol. The van der Waals surface area contributed by atoms with Gasteiger partial charge in [-0.1, -0.05) is 6.07 Å². The van der Waals surface area contributed by atoms with Gasteiger partial charge < -0.3 is 24.9 Å². The highest BCUT2D eigenvalue weighted by atomic mass is 19.1. The third-order valence-corrected chi connectivity index (χ3v) is 5.56. The number of ether oxygens (including phenoxy) is 2. The summed E-state index contributed by atoms with van der Waals surface area (Å²) in [5.41, 5.74) is 6.30. The van der Waals surface area contributed by atoms with Crippen LogP contribution >= 0.6 is 0 Å². The number of nitrogens with two attached hydrogens (primary N) is 1. The molecule has 0 aliphatic carbocycles. The Hall–Kier alpha value is -3.00. The van der Waals surface area contributed by atoms with Gasteiger partial charge in [-0.15, -0.1) is 0 Å². The van der Waals surface area contributed by atoms with E-state index in [2.05, 4.69) is 9.98 Å². The van der Waals surface area contributed by atoms with Gasteiger partial charge in [-0.2, -0.15) is 4.39 Å². The lowest BCUT2D eigenvalue weighted by atomic mass is 9.72. The van der Waals surface area contributed by atoms with Gasteiger partial charge in [0.2, 0.25) is 5.95 Å². The fourth-order valence-corrected chi connectivity index (χ4v) is 3.96. The first-order chi connectivity index (χ1) is 14.0.